The van der Waals surface area contributed by atoms with Crippen molar-refractivity contribution in [1.82, 2.24) is 0 Å². The smallest absolute Gasteiger partial charge is 0.335 e. The van der Waals surface area contributed by atoms with Crippen molar-refractivity contribution in [1.29, 1.82) is 0 Å². The van der Waals surface area contributed by atoms with E-state index in [0.29, 0.717) is 60.2 Å². The molecule has 2 aromatic carbocycles. The summed E-state index contributed by atoms with van der Waals surface area (Å²) in [5.74, 6) is -0.458. The monoisotopic (exact) mass is 884 g/mol. The fraction of sp³-hybridized carbons (Fsp3) is 0.745. The van der Waals surface area contributed by atoms with Crippen molar-refractivity contribution in [3.63, 3.8) is 0 Å². The van der Waals surface area contributed by atoms with Crippen LogP contribution in [-0.2, 0) is 14.2 Å². The van der Waals surface area contributed by atoms with Crippen molar-refractivity contribution in [3.05, 3.63) is 34.9 Å². The second-order valence-electron chi connectivity index (χ2n) is 20.3. The molecule has 11 unspecified atom stereocenters. The molecular formula is C47H64O12S2. The summed E-state index contributed by atoms with van der Waals surface area (Å²) in [5, 5.41) is 67.8. The Morgan fingerprint density at radius 1 is 0.934 bits per heavy atom. The number of aromatic carboxylic acids is 1. The highest BCUT2D eigenvalue weighted by Crippen LogP contribution is 2.74. The molecule has 7 aliphatic rings. The second kappa shape index (κ2) is 16.7. The molecular weight excluding hydrogens is 821 g/mol. The highest BCUT2D eigenvalue weighted by Gasteiger charge is 2.65. The number of carboxylic acid groups (broad SMARTS) is 1. The molecule has 14 heteroatoms. The molecule has 9 rings (SSSR count). The number of hydrogen-bond acceptors (Lipinski definition) is 13. The van der Waals surface area contributed by atoms with Gasteiger partial charge in [-0.15, -0.1) is 0 Å². The number of aliphatic hydroxyl groups excluding tert-OH is 4. The van der Waals surface area contributed by atoms with Gasteiger partial charge >= 0.3 is 5.97 Å². The number of aryl methyl sites for hydroxylation is 1. The molecule has 11 atom stereocenters. The zero-order valence-corrected chi connectivity index (χ0v) is 37.2. The Kier molecular flexibility index (Phi) is 12.1. The molecule has 0 radical (unpaired) electrons. The third-order valence-electron chi connectivity index (χ3n) is 17.3. The van der Waals surface area contributed by atoms with Crippen molar-refractivity contribution in [3.8, 4) is 11.5 Å². The van der Waals surface area contributed by atoms with E-state index >= 15 is 0 Å². The Bertz CT molecular complexity index is 1990. The van der Waals surface area contributed by atoms with Gasteiger partial charge in [0.1, 0.15) is 41.4 Å². The fourth-order valence-corrected chi connectivity index (χ4v) is 17.4. The predicted octanol–water partition coefficient (Wildman–Crippen LogP) is 7.40. The molecule has 0 aromatic heterocycles. The maximum atomic E-state index is 12.6. The third-order valence-corrected chi connectivity index (χ3v) is 19.5. The van der Waals surface area contributed by atoms with Crippen molar-refractivity contribution in [2.75, 3.05) is 38.1 Å². The Morgan fingerprint density at radius 3 is 2.43 bits per heavy atom. The first-order valence-corrected chi connectivity index (χ1v) is 25.1. The summed E-state index contributed by atoms with van der Waals surface area (Å²) < 4.78 is 25.9. The van der Waals surface area contributed by atoms with Crippen LogP contribution in [0.1, 0.15) is 130 Å². The molecule has 7 fully saturated rings. The van der Waals surface area contributed by atoms with E-state index in [1.165, 1.54) is 94.1 Å². The summed E-state index contributed by atoms with van der Waals surface area (Å²) >= 11 is 0. The lowest BCUT2D eigenvalue weighted by molar-refractivity contribution is -0.323. The van der Waals surface area contributed by atoms with Crippen LogP contribution in [0.3, 0.4) is 0 Å². The summed E-state index contributed by atoms with van der Waals surface area (Å²) in [6, 6.07) is 4.15. The highest BCUT2D eigenvalue weighted by molar-refractivity contribution is 8.76. The minimum absolute atomic E-state index is 0.0484. The summed E-state index contributed by atoms with van der Waals surface area (Å²) in [4.78, 5) is 24.8. The van der Waals surface area contributed by atoms with Gasteiger partial charge in [-0.05, 0) is 148 Å². The number of carboxylic acids is 1. The van der Waals surface area contributed by atoms with E-state index in [9.17, 15) is 40.2 Å². The molecule has 4 saturated carbocycles. The molecule has 4 aliphatic carbocycles. The maximum Gasteiger partial charge on any atom is 0.335 e. The van der Waals surface area contributed by atoms with Crippen LogP contribution >= 0.6 is 21.6 Å². The van der Waals surface area contributed by atoms with Crippen LogP contribution < -0.4 is 4.74 Å². The molecule has 61 heavy (non-hydrogen) atoms. The SMILES string of the molecule is CC(=O)c1c(C)cc2cc(C(=O)O)cc(OC3OC(CO)C4(CCC5CC6(CCC7(CCCC78CCCC8)C6)CC6COCC(CCO)(CSSCO4)C56)C(O)C3O)c2c1O. The lowest BCUT2D eigenvalue weighted by Gasteiger charge is -2.58. The van der Waals surface area contributed by atoms with Crippen molar-refractivity contribution in [2.45, 2.75) is 140 Å². The molecule has 3 heterocycles. The number of carbonyl (C=O) groups is 2. The number of phenolic OH excluding ortho intramolecular Hbond substituents is 1. The van der Waals surface area contributed by atoms with Crippen LogP contribution in [0, 0.1) is 46.3 Å². The normalized spacial score (nSPS) is 39.8. The average molecular weight is 885 g/mol. The van der Waals surface area contributed by atoms with Gasteiger partial charge in [-0.2, -0.15) is 0 Å². The van der Waals surface area contributed by atoms with Gasteiger partial charge < -0.3 is 49.6 Å². The summed E-state index contributed by atoms with van der Waals surface area (Å²) in [5.41, 5.74) is -0.344. The van der Waals surface area contributed by atoms with Crippen LogP contribution in [0.4, 0.5) is 0 Å². The molecule has 12 nitrogen and oxygen atoms in total. The standard InChI is InChI=1S/C47H64O12S2/c1-27-16-30-17-31(41(54)55)18-33(36(30)38(51)35(27)28(2)50)58-42-39(52)40(53)47(34(21-49)59-42)11-6-29-19-43(12-13-46(23-43)10-5-9-45(46)7-3-4-8-45)20-32-22-56-24-44(14-15-48,37(29)32)25-60-61-26-57-47/h16-18,29,32,34,37,39-40,42,48-49,51-53H,3-15,19-26H2,1-2H3,(H,54,55). The zero-order chi connectivity index (χ0) is 43.0. The van der Waals surface area contributed by atoms with Gasteiger partial charge in [0.15, 0.2) is 5.78 Å². The highest BCUT2D eigenvalue weighted by atomic mass is 33.1. The van der Waals surface area contributed by atoms with Crippen LogP contribution in [0.15, 0.2) is 18.2 Å². The maximum absolute atomic E-state index is 12.6. The van der Waals surface area contributed by atoms with E-state index in [2.05, 4.69) is 0 Å². The Morgan fingerprint density at radius 2 is 1.69 bits per heavy atom. The summed E-state index contributed by atoms with van der Waals surface area (Å²) in [7, 11) is 3.17. The van der Waals surface area contributed by atoms with Gasteiger partial charge in [-0.3, -0.25) is 4.79 Å². The molecule has 336 valence electrons. The molecule has 6 N–H and O–H groups in total. The Hall–Kier alpha value is -2.14. The number of ketones is 1. The number of aliphatic hydroxyl groups is 4. The number of benzene rings is 2. The van der Waals surface area contributed by atoms with Crippen molar-refractivity contribution >= 4 is 44.1 Å². The second-order valence-corrected chi connectivity index (χ2v) is 22.7. The topological polar surface area (TPSA) is 192 Å². The lowest BCUT2D eigenvalue weighted by Crippen LogP contribution is -2.69. The number of carbonyl (C=O) groups excluding carboxylic acids is 1. The molecule has 0 amide bonds. The van der Waals surface area contributed by atoms with E-state index in [1.54, 1.807) is 23.8 Å². The van der Waals surface area contributed by atoms with Crippen LogP contribution in [-0.4, -0.2) is 111 Å². The largest absolute Gasteiger partial charge is 0.506 e. The van der Waals surface area contributed by atoms with E-state index < -0.39 is 54.3 Å². The molecule has 3 saturated heterocycles. The number of fused-ring (bicyclic) bond motifs is 2. The number of rotatable bonds is 7. The van der Waals surface area contributed by atoms with E-state index in [0.717, 1.165) is 18.6 Å². The third kappa shape index (κ3) is 7.24. The first-order valence-electron chi connectivity index (χ1n) is 22.7. The van der Waals surface area contributed by atoms with Gasteiger partial charge in [0.25, 0.3) is 0 Å². The Balaban J connectivity index is 1.04. The van der Waals surface area contributed by atoms with E-state index in [1.807, 2.05) is 0 Å². The van der Waals surface area contributed by atoms with E-state index in [4.69, 9.17) is 18.9 Å². The van der Waals surface area contributed by atoms with Crippen LogP contribution in [0.25, 0.3) is 10.8 Å². The van der Waals surface area contributed by atoms with Crippen molar-refractivity contribution < 1.29 is 59.2 Å². The van der Waals surface area contributed by atoms with Gasteiger partial charge in [0.05, 0.1) is 29.7 Å². The fourth-order valence-electron chi connectivity index (χ4n) is 15.0. The molecule has 0 bridgehead atoms. The van der Waals surface area contributed by atoms with Gasteiger partial charge in [0.2, 0.25) is 6.29 Å². The van der Waals surface area contributed by atoms with Crippen LogP contribution in [0.5, 0.6) is 11.5 Å². The summed E-state index contributed by atoms with van der Waals surface area (Å²) in [6.07, 6.45) is 11.0. The minimum atomic E-state index is -1.71. The molecule has 2 aromatic rings. The number of aromatic hydroxyl groups is 1. The Labute approximate surface area is 366 Å². The quantitative estimate of drug-likeness (QED) is 0.119. The number of Topliss-reactive ketones (excluding diaryl/α,β-unsaturated/α-hetero) is 1. The molecule has 4 spiro atoms. The number of ether oxygens (including phenoxy) is 4. The zero-order valence-electron chi connectivity index (χ0n) is 35.6. The van der Waals surface area contributed by atoms with E-state index in [-0.39, 0.29) is 57.5 Å². The summed E-state index contributed by atoms with van der Waals surface area (Å²) in [6.45, 7) is 3.77. The number of hydrogen-bond donors (Lipinski definition) is 6. The van der Waals surface area contributed by atoms with Gasteiger partial charge in [-0.25, -0.2) is 4.79 Å². The average Bonchev–Trinajstić information content (AvgIpc) is 3.94. The van der Waals surface area contributed by atoms with Gasteiger partial charge in [0, 0.05) is 24.4 Å². The molecule has 3 aliphatic heterocycles. The first-order chi connectivity index (χ1) is 29.2. The first kappa shape index (κ1) is 44.1. The lowest BCUT2D eigenvalue weighted by atomic mass is 9.50. The number of phenols is 1. The van der Waals surface area contributed by atoms with Crippen molar-refractivity contribution in [2.24, 2.45) is 39.4 Å². The minimum Gasteiger partial charge on any atom is -0.506 e. The van der Waals surface area contributed by atoms with Gasteiger partial charge in [-0.1, -0.05) is 46.9 Å². The van der Waals surface area contributed by atoms with Crippen LogP contribution in [0.2, 0.25) is 0 Å². The predicted molar refractivity (Wildman–Crippen MR) is 232 cm³/mol.